The van der Waals surface area contributed by atoms with Gasteiger partial charge in [0.25, 0.3) is 0 Å². The van der Waals surface area contributed by atoms with Gasteiger partial charge in [0.05, 0.1) is 17.3 Å². The fourth-order valence-electron chi connectivity index (χ4n) is 4.27. The number of likely N-dealkylation sites (tertiary alicyclic amines) is 1. The normalized spacial score (nSPS) is 18.8. The van der Waals surface area contributed by atoms with E-state index < -0.39 is 0 Å². The summed E-state index contributed by atoms with van der Waals surface area (Å²) in [6, 6.07) is 10.1. The van der Waals surface area contributed by atoms with Crippen molar-refractivity contribution in [2.75, 3.05) is 19.6 Å². The molecule has 1 aromatic heterocycles. The first kappa shape index (κ1) is 19.1. The van der Waals surface area contributed by atoms with Crippen molar-refractivity contribution in [2.24, 2.45) is 5.41 Å². The predicted octanol–water partition coefficient (Wildman–Crippen LogP) is 5.12. The van der Waals surface area contributed by atoms with Gasteiger partial charge in [0.2, 0.25) is 0 Å². The lowest BCUT2D eigenvalue weighted by atomic mass is 9.87. The van der Waals surface area contributed by atoms with Crippen molar-refractivity contribution in [3.05, 3.63) is 47.5 Å². The van der Waals surface area contributed by atoms with Gasteiger partial charge in [0.15, 0.2) is 0 Å². The first-order valence-electron chi connectivity index (χ1n) is 10.5. The van der Waals surface area contributed by atoms with E-state index in [0.717, 1.165) is 49.4 Å². The lowest BCUT2D eigenvalue weighted by molar-refractivity contribution is 0.153. The third kappa shape index (κ3) is 4.42. The monoisotopic (exact) mass is 374 g/mol. The molecule has 4 nitrogen and oxygen atoms in total. The predicted molar refractivity (Wildman–Crippen MR) is 112 cm³/mol. The number of nitriles is 1. The van der Waals surface area contributed by atoms with Gasteiger partial charge in [-0.25, -0.2) is 9.97 Å². The quantitative estimate of drug-likeness (QED) is 0.745. The minimum atomic E-state index is 0.337. The number of nitrogens with zero attached hydrogens (tertiary/aromatic N) is 4. The summed E-state index contributed by atoms with van der Waals surface area (Å²) in [6.07, 6.45) is 6.72. The van der Waals surface area contributed by atoms with Crippen LogP contribution < -0.4 is 0 Å². The molecule has 1 saturated heterocycles. The van der Waals surface area contributed by atoms with Gasteiger partial charge in [-0.05, 0) is 61.9 Å². The lowest BCUT2D eigenvalue weighted by Gasteiger charge is -2.36. The van der Waals surface area contributed by atoms with E-state index in [4.69, 9.17) is 4.98 Å². The summed E-state index contributed by atoms with van der Waals surface area (Å²) >= 11 is 0. The summed E-state index contributed by atoms with van der Waals surface area (Å²) in [5.41, 5.74) is 4.39. The Morgan fingerprint density at radius 2 is 1.86 bits per heavy atom. The number of rotatable bonds is 4. The summed E-state index contributed by atoms with van der Waals surface area (Å²) in [5.74, 6) is 2.05. The van der Waals surface area contributed by atoms with Crippen LogP contribution in [0.1, 0.15) is 75.4 Å². The molecule has 0 radical (unpaired) electrons. The molecule has 1 aromatic carbocycles. The van der Waals surface area contributed by atoms with Crippen molar-refractivity contribution in [2.45, 2.75) is 58.3 Å². The van der Waals surface area contributed by atoms with Crippen molar-refractivity contribution >= 4 is 0 Å². The molecule has 2 heterocycles. The van der Waals surface area contributed by atoms with Gasteiger partial charge < -0.3 is 4.90 Å². The maximum Gasteiger partial charge on any atom is 0.131 e. The molecule has 2 aromatic rings. The molecule has 1 aliphatic carbocycles. The van der Waals surface area contributed by atoms with Gasteiger partial charge in [-0.3, -0.25) is 0 Å². The smallest absolute Gasteiger partial charge is 0.131 e. The molecular weight excluding hydrogens is 344 g/mol. The lowest BCUT2D eigenvalue weighted by Crippen LogP contribution is -2.38. The maximum atomic E-state index is 9.29. The molecule has 146 valence electrons. The molecule has 0 unspecified atom stereocenters. The molecule has 1 saturated carbocycles. The topological polar surface area (TPSA) is 52.8 Å². The Morgan fingerprint density at radius 1 is 1.11 bits per heavy atom. The molecule has 0 spiro atoms. The number of piperidine rings is 1. The van der Waals surface area contributed by atoms with E-state index in [2.05, 4.69) is 42.8 Å². The number of hydrogen-bond acceptors (Lipinski definition) is 4. The van der Waals surface area contributed by atoms with E-state index in [1.807, 2.05) is 24.4 Å². The van der Waals surface area contributed by atoms with Crippen molar-refractivity contribution in [3.8, 4) is 17.2 Å². The van der Waals surface area contributed by atoms with Gasteiger partial charge in [0.1, 0.15) is 5.82 Å². The highest BCUT2D eigenvalue weighted by Crippen LogP contribution is 2.41. The molecule has 28 heavy (non-hydrogen) atoms. The zero-order valence-corrected chi connectivity index (χ0v) is 17.3. The molecule has 0 atom stereocenters. The maximum absolute atomic E-state index is 9.29. The van der Waals surface area contributed by atoms with E-state index in [-0.39, 0.29) is 0 Å². The Labute approximate surface area is 168 Å². The van der Waals surface area contributed by atoms with E-state index >= 15 is 0 Å². The summed E-state index contributed by atoms with van der Waals surface area (Å²) < 4.78 is 0. The number of benzene rings is 1. The second-order valence-electron chi connectivity index (χ2n) is 9.61. The minimum absolute atomic E-state index is 0.337. The first-order valence-corrected chi connectivity index (χ1v) is 10.5. The first-order chi connectivity index (χ1) is 13.4. The third-order valence-corrected chi connectivity index (χ3v) is 5.75. The van der Waals surface area contributed by atoms with Crippen molar-refractivity contribution < 1.29 is 0 Å². The van der Waals surface area contributed by atoms with Crippen LogP contribution in [0.3, 0.4) is 0 Å². The molecule has 4 rings (SSSR count). The third-order valence-electron chi connectivity index (χ3n) is 5.75. The van der Waals surface area contributed by atoms with Crippen LogP contribution in [-0.4, -0.2) is 34.5 Å². The standard InChI is InChI=1S/C24H30N4/c1-24(2,3)16-28-11-9-18(10-12-28)22-21(15-26-23(27-22)19-7-8-19)20-6-4-5-17(13-20)14-25/h4-6,13,15,18-19H,7-12,16H2,1-3H3. The van der Waals surface area contributed by atoms with Gasteiger partial charge in [-0.15, -0.1) is 0 Å². The Kier molecular flexibility index (Phi) is 5.21. The van der Waals surface area contributed by atoms with Crippen LogP contribution in [0.2, 0.25) is 0 Å². The molecular formula is C24H30N4. The molecule has 0 bridgehead atoms. The van der Waals surface area contributed by atoms with E-state index in [1.54, 1.807) is 0 Å². The second kappa shape index (κ2) is 7.64. The van der Waals surface area contributed by atoms with E-state index in [1.165, 1.54) is 18.5 Å². The zero-order valence-electron chi connectivity index (χ0n) is 17.3. The van der Waals surface area contributed by atoms with Crippen LogP contribution in [0.4, 0.5) is 0 Å². The summed E-state index contributed by atoms with van der Waals surface area (Å²) in [7, 11) is 0. The van der Waals surface area contributed by atoms with Gasteiger partial charge in [-0.2, -0.15) is 5.26 Å². The zero-order chi connectivity index (χ0) is 19.7. The van der Waals surface area contributed by atoms with E-state index in [0.29, 0.717) is 22.8 Å². The van der Waals surface area contributed by atoms with Crippen molar-refractivity contribution in [3.63, 3.8) is 0 Å². The van der Waals surface area contributed by atoms with Gasteiger partial charge in [0, 0.05) is 30.1 Å². The highest BCUT2D eigenvalue weighted by Gasteiger charge is 2.30. The molecule has 1 aliphatic heterocycles. The van der Waals surface area contributed by atoms with Crippen LogP contribution in [0.15, 0.2) is 30.5 Å². The second-order valence-corrected chi connectivity index (χ2v) is 9.61. The SMILES string of the molecule is CC(C)(C)CN1CCC(c2nc(C3CC3)ncc2-c2cccc(C#N)c2)CC1. The summed E-state index contributed by atoms with van der Waals surface area (Å²) in [6.45, 7) is 10.3. The highest BCUT2D eigenvalue weighted by molar-refractivity contribution is 5.67. The Morgan fingerprint density at radius 3 is 2.50 bits per heavy atom. The minimum Gasteiger partial charge on any atom is -0.303 e. The fourth-order valence-corrected chi connectivity index (χ4v) is 4.27. The van der Waals surface area contributed by atoms with Crippen LogP contribution in [0.5, 0.6) is 0 Å². The summed E-state index contributed by atoms with van der Waals surface area (Å²) in [4.78, 5) is 12.4. The fraction of sp³-hybridized carbons (Fsp3) is 0.542. The Bertz CT molecular complexity index is 878. The molecule has 4 heteroatoms. The number of hydrogen-bond donors (Lipinski definition) is 0. The van der Waals surface area contributed by atoms with E-state index in [9.17, 15) is 5.26 Å². The molecule has 2 fully saturated rings. The van der Waals surface area contributed by atoms with Crippen molar-refractivity contribution in [1.82, 2.24) is 14.9 Å². The molecule has 0 N–H and O–H groups in total. The summed E-state index contributed by atoms with van der Waals surface area (Å²) in [5, 5.41) is 9.29. The number of aromatic nitrogens is 2. The average Bonchev–Trinajstić information content (AvgIpc) is 3.52. The largest absolute Gasteiger partial charge is 0.303 e. The molecule has 0 amide bonds. The Hall–Kier alpha value is -2.25. The van der Waals surface area contributed by atoms with Crippen LogP contribution in [-0.2, 0) is 0 Å². The van der Waals surface area contributed by atoms with Gasteiger partial charge >= 0.3 is 0 Å². The average molecular weight is 375 g/mol. The van der Waals surface area contributed by atoms with Crippen LogP contribution in [0, 0.1) is 16.7 Å². The Balaban J connectivity index is 1.62. The van der Waals surface area contributed by atoms with Crippen LogP contribution in [0.25, 0.3) is 11.1 Å². The highest BCUT2D eigenvalue weighted by atomic mass is 15.1. The van der Waals surface area contributed by atoms with Crippen LogP contribution >= 0.6 is 0 Å². The molecule has 2 aliphatic rings. The van der Waals surface area contributed by atoms with Crippen molar-refractivity contribution in [1.29, 1.82) is 5.26 Å². The van der Waals surface area contributed by atoms with Gasteiger partial charge in [-0.1, -0.05) is 32.9 Å².